The zero-order valence-corrected chi connectivity index (χ0v) is 23.4. The van der Waals surface area contributed by atoms with Gasteiger partial charge < -0.3 is 25.2 Å². The maximum atomic E-state index is 13.8. The van der Waals surface area contributed by atoms with E-state index in [9.17, 15) is 19.8 Å². The molecule has 0 spiro atoms. The highest BCUT2D eigenvalue weighted by atomic mass is 127. The Morgan fingerprint density at radius 1 is 1.11 bits per heavy atom. The highest BCUT2D eigenvalue weighted by Gasteiger charge is 2.42. The summed E-state index contributed by atoms with van der Waals surface area (Å²) in [5.74, 6) is 0.126. The molecule has 0 heterocycles. The number of aliphatic hydroxyl groups is 2. The van der Waals surface area contributed by atoms with Crippen molar-refractivity contribution in [1.29, 1.82) is 0 Å². The molecule has 4 rings (SSSR count). The quantitative estimate of drug-likeness (QED) is 0.360. The first kappa shape index (κ1) is 27.9. The van der Waals surface area contributed by atoms with E-state index in [0.717, 1.165) is 34.8 Å². The number of para-hydroxylation sites is 1. The topological polar surface area (TPSA) is 99.1 Å². The van der Waals surface area contributed by atoms with Gasteiger partial charge >= 0.3 is 0 Å². The Balaban J connectivity index is 1.68. The van der Waals surface area contributed by atoms with Gasteiger partial charge in [-0.2, -0.15) is 0 Å². The second-order valence-electron chi connectivity index (χ2n) is 9.52. The van der Waals surface area contributed by atoms with Gasteiger partial charge in [0.1, 0.15) is 18.0 Å². The SMILES string of the molecule is O=C(NCCO)C1=CC(Oc2ccccc2I)C(O)C(N(Cc2ccc(Cl)cc2)C(=O)C2CCCC2)C1. The first-order chi connectivity index (χ1) is 17.9. The highest BCUT2D eigenvalue weighted by Crippen LogP contribution is 2.34. The average Bonchev–Trinajstić information content (AvgIpc) is 3.44. The Morgan fingerprint density at radius 3 is 2.49 bits per heavy atom. The zero-order chi connectivity index (χ0) is 26.4. The normalized spacial score (nSPS) is 21.8. The molecule has 3 N–H and O–H groups in total. The molecule has 2 aromatic rings. The third-order valence-electron chi connectivity index (χ3n) is 6.97. The lowest BCUT2D eigenvalue weighted by Gasteiger charge is -2.41. The molecule has 0 radical (unpaired) electrons. The van der Waals surface area contributed by atoms with Crippen molar-refractivity contribution in [3.05, 3.63) is 74.3 Å². The van der Waals surface area contributed by atoms with Gasteiger partial charge in [0, 0.05) is 36.0 Å². The number of carbonyl (C=O) groups is 2. The Hall–Kier alpha value is -2.14. The van der Waals surface area contributed by atoms with Crippen molar-refractivity contribution in [3.8, 4) is 5.75 Å². The van der Waals surface area contributed by atoms with Crippen LogP contribution in [0.4, 0.5) is 0 Å². The summed E-state index contributed by atoms with van der Waals surface area (Å²) < 4.78 is 7.09. The van der Waals surface area contributed by atoms with Crippen LogP contribution in [0, 0.1) is 9.49 Å². The van der Waals surface area contributed by atoms with Gasteiger partial charge in [-0.25, -0.2) is 0 Å². The van der Waals surface area contributed by atoms with Gasteiger partial charge in [0.05, 0.1) is 16.2 Å². The standard InChI is InChI=1S/C28H32ClIN2O5/c29-21-11-9-18(10-12-21)17-32(28(36)19-5-1-2-6-19)23-15-20(27(35)31-13-14-33)16-25(26(23)34)37-24-8-4-3-7-22(24)30/h3-4,7-12,16,19,23,25-26,33-34H,1-2,5-6,13-15,17H2,(H,31,35). The summed E-state index contributed by atoms with van der Waals surface area (Å²) in [7, 11) is 0. The lowest BCUT2D eigenvalue weighted by molar-refractivity contribution is -0.143. The van der Waals surface area contributed by atoms with E-state index in [0.29, 0.717) is 16.3 Å². The minimum atomic E-state index is -1.05. The van der Waals surface area contributed by atoms with Crippen LogP contribution >= 0.6 is 34.2 Å². The minimum Gasteiger partial charge on any atom is -0.482 e. The maximum Gasteiger partial charge on any atom is 0.247 e. The van der Waals surface area contributed by atoms with Crippen molar-refractivity contribution in [2.75, 3.05) is 13.2 Å². The van der Waals surface area contributed by atoms with E-state index in [1.165, 1.54) is 0 Å². The number of hydrogen-bond acceptors (Lipinski definition) is 5. The fraction of sp³-hybridized carbons (Fsp3) is 0.429. The van der Waals surface area contributed by atoms with Gasteiger partial charge in [0.25, 0.3) is 0 Å². The number of aliphatic hydroxyl groups excluding tert-OH is 2. The van der Waals surface area contributed by atoms with Gasteiger partial charge in [0.15, 0.2) is 0 Å². The largest absolute Gasteiger partial charge is 0.482 e. The summed E-state index contributed by atoms with van der Waals surface area (Å²) in [6.07, 6.45) is 3.57. The van der Waals surface area contributed by atoms with Gasteiger partial charge in [-0.3, -0.25) is 9.59 Å². The lowest BCUT2D eigenvalue weighted by Crippen LogP contribution is -2.55. The van der Waals surface area contributed by atoms with E-state index in [-0.39, 0.29) is 43.8 Å². The predicted octanol–water partition coefficient (Wildman–Crippen LogP) is 4.08. The summed E-state index contributed by atoms with van der Waals surface area (Å²) in [4.78, 5) is 28.5. The van der Waals surface area contributed by atoms with Gasteiger partial charge in [-0.15, -0.1) is 0 Å². The van der Waals surface area contributed by atoms with Crippen LogP contribution in [0.1, 0.15) is 37.7 Å². The molecule has 2 aliphatic rings. The molecule has 0 bridgehead atoms. The molecule has 3 unspecified atom stereocenters. The maximum absolute atomic E-state index is 13.8. The van der Waals surface area contributed by atoms with Gasteiger partial charge in [-0.05, 0) is 71.3 Å². The van der Waals surface area contributed by atoms with Crippen LogP contribution in [0.2, 0.25) is 5.02 Å². The molecule has 7 nitrogen and oxygen atoms in total. The number of ether oxygens (including phenoxy) is 1. The van der Waals surface area contributed by atoms with Crippen LogP contribution < -0.4 is 10.1 Å². The molecule has 2 aromatic carbocycles. The van der Waals surface area contributed by atoms with Gasteiger partial charge in [0.2, 0.25) is 11.8 Å². The minimum absolute atomic E-state index is 0.0124. The second-order valence-corrected chi connectivity index (χ2v) is 11.1. The first-order valence-corrected chi connectivity index (χ1v) is 14.1. The fourth-order valence-corrected chi connectivity index (χ4v) is 5.66. The summed E-state index contributed by atoms with van der Waals surface area (Å²) in [5, 5.41) is 24.1. The van der Waals surface area contributed by atoms with Crippen LogP contribution in [0.3, 0.4) is 0 Å². The fourth-order valence-electron chi connectivity index (χ4n) is 5.02. The van der Waals surface area contributed by atoms with E-state index < -0.39 is 18.2 Å². The third-order valence-corrected chi connectivity index (χ3v) is 8.11. The molecule has 1 fully saturated rings. The molecule has 0 saturated heterocycles. The Bertz CT molecular complexity index is 1120. The van der Waals surface area contributed by atoms with E-state index in [1.807, 2.05) is 36.4 Å². The van der Waals surface area contributed by atoms with Crippen LogP contribution in [0.25, 0.3) is 0 Å². The number of nitrogens with zero attached hydrogens (tertiary/aromatic N) is 1. The van der Waals surface area contributed by atoms with Crippen LogP contribution in [0.5, 0.6) is 5.75 Å². The Morgan fingerprint density at radius 2 is 1.81 bits per heavy atom. The van der Waals surface area contributed by atoms with Crippen LogP contribution in [-0.2, 0) is 16.1 Å². The number of halogens is 2. The first-order valence-electron chi connectivity index (χ1n) is 12.6. The molecular formula is C28H32ClIN2O5. The molecule has 3 atom stereocenters. The van der Waals surface area contributed by atoms with Crippen LogP contribution in [-0.4, -0.2) is 58.3 Å². The molecule has 198 valence electrons. The van der Waals surface area contributed by atoms with E-state index in [4.69, 9.17) is 16.3 Å². The number of benzene rings is 2. The predicted molar refractivity (Wildman–Crippen MR) is 150 cm³/mol. The molecule has 2 aliphatic carbocycles. The number of amides is 2. The number of carbonyl (C=O) groups excluding carboxylic acids is 2. The smallest absolute Gasteiger partial charge is 0.247 e. The molecule has 2 amide bonds. The van der Waals surface area contributed by atoms with Crippen molar-refractivity contribution in [2.45, 2.75) is 56.9 Å². The van der Waals surface area contributed by atoms with Crippen molar-refractivity contribution in [1.82, 2.24) is 10.2 Å². The Kier molecular flexibility index (Phi) is 9.86. The zero-order valence-electron chi connectivity index (χ0n) is 20.5. The Labute approximate surface area is 236 Å². The van der Waals surface area contributed by atoms with E-state index >= 15 is 0 Å². The molecule has 9 heteroatoms. The molecular weight excluding hydrogens is 607 g/mol. The monoisotopic (exact) mass is 638 g/mol. The van der Waals surface area contributed by atoms with E-state index in [2.05, 4.69) is 27.9 Å². The molecule has 1 saturated carbocycles. The van der Waals surface area contributed by atoms with E-state index in [1.54, 1.807) is 23.1 Å². The average molecular weight is 639 g/mol. The second kappa shape index (κ2) is 13.1. The number of hydrogen-bond donors (Lipinski definition) is 3. The number of nitrogens with one attached hydrogen (secondary N) is 1. The van der Waals surface area contributed by atoms with Gasteiger partial charge in [-0.1, -0.05) is 48.7 Å². The third kappa shape index (κ3) is 7.04. The summed E-state index contributed by atoms with van der Waals surface area (Å²) in [6.45, 7) is 0.215. The number of rotatable bonds is 9. The van der Waals surface area contributed by atoms with Crippen molar-refractivity contribution in [3.63, 3.8) is 0 Å². The van der Waals surface area contributed by atoms with Crippen LogP contribution in [0.15, 0.2) is 60.2 Å². The highest BCUT2D eigenvalue weighted by molar-refractivity contribution is 14.1. The summed E-state index contributed by atoms with van der Waals surface area (Å²) in [5.41, 5.74) is 1.30. The van der Waals surface area contributed by atoms with Crippen molar-refractivity contribution < 1.29 is 24.5 Å². The van der Waals surface area contributed by atoms with Crippen molar-refractivity contribution in [2.24, 2.45) is 5.92 Å². The molecule has 0 aromatic heterocycles. The molecule has 0 aliphatic heterocycles. The summed E-state index contributed by atoms with van der Waals surface area (Å²) >= 11 is 8.25. The van der Waals surface area contributed by atoms with Crippen molar-refractivity contribution >= 4 is 46.0 Å². The molecule has 37 heavy (non-hydrogen) atoms. The summed E-state index contributed by atoms with van der Waals surface area (Å²) in [6, 6.07) is 14.1. The lowest BCUT2D eigenvalue weighted by atomic mass is 9.87.